The Bertz CT molecular complexity index is 1150. The van der Waals surface area contributed by atoms with Crippen molar-refractivity contribution in [3.8, 4) is 11.5 Å². The van der Waals surface area contributed by atoms with Gasteiger partial charge in [0.2, 0.25) is 5.91 Å². The van der Waals surface area contributed by atoms with Gasteiger partial charge in [0.1, 0.15) is 13.2 Å². The molecule has 1 fully saturated rings. The molecule has 1 N–H and O–H groups in total. The van der Waals surface area contributed by atoms with Crippen LogP contribution in [-0.2, 0) is 4.79 Å². The molecule has 164 valence electrons. The summed E-state index contributed by atoms with van der Waals surface area (Å²) in [6, 6.07) is 19.4. The van der Waals surface area contributed by atoms with E-state index in [-0.39, 0.29) is 17.6 Å². The first-order valence-electron chi connectivity index (χ1n) is 11.1. The van der Waals surface area contributed by atoms with Crippen molar-refractivity contribution in [3.63, 3.8) is 0 Å². The molecule has 0 spiro atoms. The fourth-order valence-electron chi connectivity index (χ4n) is 4.51. The Hall–Kier alpha value is -3.38. The summed E-state index contributed by atoms with van der Waals surface area (Å²) in [7, 11) is 0. The average Bonchev–Trinajstić information content (AvgIpc) is 2.84. The second kappa shape index (κ2) is 9.01. The summed E-state index contributed by atoms with van der Waals surface area (Å²) in [6.45, 7) is 2.82. The van der Waals surface area contributed by atoms with Crippen LogP contribution in [0.2, 0.25) is 0 Å². The van der Waals surface area contributed by atoms with Crippen molar-refractivity contribution in [2.75, 3.05) is 38.2 Å². The van der Waals surface area contributed by atoms with Gasteiger partial charge < -0.3 is 14.8 Å². The minimum absolute atomic E-state index is 0.0297. The molecule has 2 aliphatic heterocycles. The predicted molar refractivity (Wildman–Crippen MR) is 124 cm³/mol. The van der Waals surface area contributed by atoms with Gasteiger partial charge in [-0.25, -0.2) is 0 Å². The first kappa shape index (κ1) is 20.5. The smallest absolute Gasteiger partial charge is 0.238 e. The van der Waals surface area contributed by atoms with Crippen molar-refractivity contribution in [3.05, 3.63) is 66.2 Å². The molecule has 1 saturated heterocycles. The first-order chi connectivity index (χ1) is 15.7. The van der Waals surface area contributed by atoms with E-state index in [4.69, 9.17) is 9.47 Å². The number of likely N-dealkylation sites (tertiary alicyclic amines) is 1. The standard InChI is InChI=1S/C26H26N2O4/c29-25(27-22-7-3-5-18-4-1-2-6-21(18)22)17-28-12-10-19(11-13-28)26(30)20-8-9-23-24(16-20)32-15-14-31-23/h1-9,16,19H,10-15,17H2,(H,27,29). The lowest BCUT2D eigenvalue weighted by molar-refractivity contribution is -0.117. The van der Waals surface area contributed by atoms with Crippen molar-refractivity contribution in [1.29, 1.82) is 0 Å². The van der Waals surface area contributed by atoms with Crippen molar-refractivity contribution in [2.45, 2.75) is 12.8 Å². The molecule has 2 heterocycles. The van der Waals surface area contributed by atoms with E-state index in [1.165, 1.54) is 0 Å². The molecule has 1 amide bonds. The summed E-state index contributed by atoms with van der Waals surface area (Å²) in [5.41, 5.74) is 1.50. The Labute approximate surface area is 187 Å². The molecule has 0 bridgehead atoms. The molecular weight excluding hydrogens is 404 g/mol. The second-order valence-electron chi connectivity index (χ2n) is 8.35. The maximum Gasteiger partial charge on any atom is 0.238 e. The summed E-state index contributed by atoms with van der Waals surface area (Å²) in [5.74, 6) is 1.42. The largest absolute Gasteiger partial charge is 0.486 e. The summed E-state index contributed by atoms with van der Waals surface area (Å²) in [5, 5.41) is 5.18. The molecular formula is C26H26N2O4. The lowest BCUT2D eigenvalue weighted by Gasteiger charge is -2.31. The van der Waals surface area contributed by atoms with Crippen LogP contribution < -0.4 is 14.8 Å². The van der Waals surface area contributed by atoms with Crippen molar-refractivity contribution in [1.82, 2.24) is 4.90 Å². The molecule has 6 heteroatoms. The highest BCUT2D eigenvalue weighted by Crippen LogP contribution is 2.32. The number of ketones is 1. The maximum atomic E-state index is 13.0. The molecule has 0 unspecified atom stereocenters. The van der Waals surface area contributed by atoms with E-state index >= 15 is 0 Å². The molecule has 6 nitrogen and oxygen atoms in total. The molecule has 5 rings (SSSR count). The quantitative estimate of drug-likeness (QED) is 0.616. The van der Waals surface area contributed by atoms with E-state index in [1.807, 2.05) is 54.6 Å². The lowest BCUT2D eigenvalue weighted by Crippen LogP contribution is -2.40. The van der Waals surface area contributed by atoms with Gasteiger partial charge in [0.15, 0.2) is 17.3 Å². The number of carbonyl (C=O) groups excluding carboxylic acids is 2. The Balaban J connectivity index is 1.16. The van der Waals surface area contributed by atoms with Crippen LogP contribution in [-0.4, -0.2) is 49.4 Å². The van der Waals surface area contributed by atoms with Gasteiger partial charge in [0, 0.05) is 22.6 Å². The summed E-state index contributed by atoms with van der Waals surface area (Å²) >= 11 is 0. The number of carbonyl (C=O) groups is 2. The SMILES string of the molecule is O=C(CN1CCC(C(=O)c2ccc3c(c2)OCCO3)CC1)Nc1cccc2ccccc12. The first-order valence-corrected chi connectivity index (χ1v) is 11.1. The Kier molecular flexibility index (Phi) is 5.77. The predicted octanol–water partition coefficient (Wildman–Crippen LogP) is 4.14. The monoisotopic (exact) mass is 430 g/mol. The number of rotatable bonds is 5. The van der Waals surface area contributed by atoms with Gasteiger partial charge >= 0.3 is 0 Å². The van der Waals surface area contributed by atoms with E-state index in [0.717, 1.165) is 42.4 Å². The van der Waals surface area contributed by atoms with Gasteiger partial charge in [-0.2, -0.15) is 0 Å². The third-order valence-electron chi connectivity index (χ3n) is 6.22. The second-order valence-corrected chi connectivity index (χ2v) is 8.35. The van der Waals surface area contributed by atoms with E-state index < -0.39 is 0 Å². The van der Waals surface area contributed by atoms with Crippen LogP contribution in [0.4, 0.5) is 5.69 Å². The van der Waals surface area contributed by atoms with E-state index in [0.29, 0.717) is 36.8 Å². The zero-order valence-electron chi connectivity index (χ0n) is 17.9. The number of hydrogen-bond donors (Lipinski definition) is 1. The molecule has 3 aromatic carbocycles. The maximum absolute atomic E-state index is 13.0. The highest BCUT2D eigenvalue weighted by atomic mass is 16.6. The number of piperidine rings is 1. The van der Waals surface area contributed by atoms with Crippen molar-refractivity contribution >= 4 is 28.2 Å². The third kappa shape index (κ3) is 4.32. The van der Waals surface area contributed by atoms with Crippen LogP contribution in [0.5, 0.6) is 11.5 Å². The fourth-order valence-corrected chi connectivity index (χ4v) is 4.51. The number of Topliss-reactive ketones (excluding diaryl/α,β-unsaturated/α-hetero) is 1. The number of nitrogens with zero attached hydrogens (tertiary/aromatic N) is 1. The minimum Gasteiger partial charge on any atom is -0.486 e. The number of nitrogens with one attached hydrogen (secondary N) is 1. The molecule has 0 atom stereocenters. The molecule has 0 aliphatic carbocycles. The van der Waals surface area contributed by atoms with Crippen LogP contribution in [0.25, 0.3) is 10.8 Å². The van der Waals surface area contributed by atoms with Gasteiger partial charge in [-0.3, -0.25) is 14.5 Å². The minimum atomic E-state index is -0.0325. The lowest BCUT2D eigenvalue weighted by atomic mass is 9.88. The van der Waals surface area contributed by atoms with Gasteiger partial charge in [0.25, 0.3) is 0 Å². The number of anilines is 1. The van der Waals surface area contributed by atoms with Crippen LogP contribution in [0, 0.1) is 5.92 Å². The van der Waals surface area contributed by atoms with Crippen LogP contribution >= 0.6 is 0 Å². The summed E-state index contributed by atoms with van der Waals surface area (Å²) in [6.07, 6.45) is 1.49. The van der Waals surface area contributed by atoms with Crippen molar-refractivity contribution in [2.24, 2.45) is 5.92 Å². The molecule has 2 aliphatic rings. The number of hydrogen-bond acceptors (Lipinski definition) is 5. The molecule has 0 aromatic heterocycles. The highest BCUT2D eigenvalue weighted by Gasteiger charge is 2.27. The average molecular weight is 431 g/mol. The fraction of sp³-hybridized carbons (Fsp3) is 0.308. The van der Waals surface area contributed by atoms with Crippen molar-refractivity contribution < 1.29 is 19.1 Å². The number of benzene rings is 3. The number of ether oxygens (including phenoxy) is 2. The van der Waals surface area contributed by atoms with E-state index in [2.05, 4.69) is 10.2 Å². The topological polar surface area (TPSA) is 67.9 Å². The zero-order valence-corrected chi connectivity index (χ0v) is 17.9. The van der Waals surface area contributed by atoms with Crippen LogP contribution in [0.1, 0.15) is 23.2 Å². The molecule has 0 saturated carbocycles. The Morgan fingerprint density at radius 2 is 1.66 bits per heavy atom. The van der Waals surface area contributed by atoms with Crippen LogP contribution in [0.15, 0.2) is 60.7 Å². The van der Waals surface area contributed by atoms with E-state index in [1.54, 1.807) is 6.07 Å². The third-order valence-corrected chi connectivity index (χ3v) is 6.22. The Morgan fingerprint density at radius 3 is 2.50 bits per heavy atom. The molecule has 0 radical (unpaired) electrons. The van der Waals surface area contributed by atoms with Gasteiger partial charge in [-0.1, -0.05) is 36.4 Å². The van der Waals surface area contributed by atoms with E-state index in [9.17, 15) is 9.59 Å². The summed E-state index contributed by atoms with van der Waals surface area (Å²) in [4.78, 5) is 27.8. The van der Waals surface area contributed by atoms with Crippen LogP contribution in [0.3, 0.4) is 0 Å². The van der Waals surface area contributed by atoms with Gasteiger partial charge in [0.05, 0.1) is 6.54 Å². The van der Waals surface area contributed by atoms with Gasteiger partial charge in [-0.05, 0) is 55.6 Å². The number of amides is 1. The number of fused-ring (bicyclic) bond motifs is 2. The highest BCUT2D eigenvalue weighted by molar-refractivity contribution is 6.02. The molecule has 3 aromatic rings. The molecule has 32 heavy (non-hydrogen) atoms. The normalized spacial score (nSPS) is 16.6. The zero-order chi connectivity index (χ0) is 21.9. The Morgan fingerprint density at radius 1 is 0.906 bits per heavy atom. The van der Waals surface area contributed by atoms with Gasteiger partial charge in [-0.15, -0.1) is 0 Å². The summed E-state index contributed by atoms with van der Waals surface area (Å²) < 4.78 is 11.1.